The predicted molar refractivity (Wildman–Crippen MR) is 93.2 cm³/mol. The maximum Gasteiger partial charge on any atom is 0.127 e. The Labute approximate surface area is 140 Å². The van der Waals surface area contributed by atoms with E-state index in [9.17, 15) is 0 Å². The van der Waals surface area contributed by atoms with E-state index in [1.807, 2.05) is 12.1 Å². The minimum atomic E-state index is 0.634. The first-order valence-electron chi connectivity index (χ1n) is 8.65. The summed E-state index contributed by atoms with van der Waals surface area (Å²) in [5.41, 5.74) is 1.87. The first-order chi connectivity index (χ1) is 11.0. The monoisotopic (exact) mass is 318 g/mol. The van der Waals surface area contributed by atoms with Crippen LogP contribution < -0.4 is 9.47 Å². The van der Waals surface area contributed by atoms with E-state index in [2.05, 4.69) is 30.0 Å². The van der Waals surface area contributed by atoms with Gasteiger partial charge < -0.3 is 14.4 Å². The van der Waals surface area contributed by atoms with Gasteiger partial charge >= 0.3 is 0 Å². The summed E-state index contributed by atoms with van der Waals surface area (Å²) in [6.07, 6.45) is 5.46. The third-order valence-electron chi connectivity index (χ3n) is 5.92. The molecule has 1 aromatic rings. The van der Waals surface area contributed by atoms with Gasteiger partial charge in [0, 0.05) is 24.2 Å². The SMILES string of the molecule is COc1ccc(CN(C)C2CC3(CCN(C)CC3)C2)c(OC)c1. The Kier molecular flexibility index (Phi) is 4.83. The molecule has 2 fully saturated rings. The van der Waals surface area contributed by atoms with Gasteiger partial charge in [0.2, 0.25) is 0 Å². The van der Waals surface area contributed by atoms with Crippen LogP contribution in [-0.2, 0) is 6.54 Å². The third kappa shape index (κ3) is 3.48. The molecule has 0 N–H and O–H groups in total. The molecule has 4 heteroatoms. The average molecular weight is 318 g/mol. The smallest absolute Gasteiger partial charge is 0.127 e. The zero-order chi connectivity index (χ0) is 16.4. The number of rotatable bonds is 5. The van der Waals surface area contributed by atoms with Gasteiger partial charge in [-0.2, -0.15) is 0 Å². The lowest BCUT2D eigenvalue weighted by Crippen LogP contribution is -2.53. The van der Waals surface area contributed by atoms with Gasteiger partial charge in [0.25, 0.3) is 0 Å². The van der Waals surface area contributed by atoms with Gasteiger partial charge in [0.15, 0.2) is 0 Å². The highest BCUT2D eigenvalue weighted by Gasteiger charge is 2.46. The molecule has 128 valence electrons. The molecule has 1 aliphatic carbocycles. The van der Waals surface area contributed by atoms with Crippen molar-refractivity contribution in [2.24, 2.45) is 5.41 Å². The first kappa shape index (κ1) is 16.6. The van der Waals surface area contributed by atoms with Crippen LogP contribution in [0.2, 0.25) is 0 Å². The maximum atomic E-state index is 5.53. The predicted octanol–water partition coefficient (Wildman–Crippen LogP) is 3.01. The number of ether oxygens (including phenoxy) is 2. The van der Waals surface area contributed by atoms with Gasteiger partial charge in [-0.1, -0.05) is 6.07 Å². The summed E-state index contributed by atoms with van der Waals surface area (Å²) >= 11 is 0. The Morgan fingerprint density at radius 3 is 2.48 bits per heavy atom. The van der Waals surface area contributed by atoms with Crippen molar-refractivity contribution in [1.29, 1.82) is 0 Å². The molecule has 0 bridgehead atoms. The molecule has 1 spiro atoms. The van der Waals surface area contributed by atoms with Gasteiger partial charge in [-0.3, -0.25) is 4.90 Å². The number of piperidine rings is 1. The number of benzene rings is 1. The summed E-state index contributed by atoms with van der Waals surface area (Å²) in [7, 11) is 7.91. The molecule has 0 amide bonds. The Hall–Kier alpha value is -1.26. The highest BCUT2D eigenvalue weighted by Crippen LogP contribution is 2.50. The van der Waals surface area contributed by atoms with Gasteiger partial charge in [0.05, 0.1) is 14.2 Å². The second-order valence-corrected chi connectivity index (χ2v) is 7.46. The molecule has 4 nitrogen and oxygen atoms in total. The molecule has 0 atom stereocenters. The molecule has 0 unspecified atom stereocenters. The van der Waals surface area contributed by atoms with Crippen LogP contribution in [0.4, 0.5) is 0 Å². The Bertz CT molecular complexity index is 530. The number of likely N-dealkylation sites (tertiary alicyclic amines) is 1. The quantitative estimate of drug-likeness (QED) is 0.833. The molecule has 0 aromatic heterocycles. The molecule has 1 aromatic carbocycles. The zero-order valence-corrected chi connectivity index (χ0v) is 15.0. The zero-order valence-electron chi connectivity index (χ0n) is 15.0. The second-order valence-electron chi connectivity index (χ2n) is 7.46. The lowest BCUT2D eigenvalue weighted by molar-refractivity contribution is -0.0329. The van der Waals surface area contributed by atoms with E-state index in [4.69, 9.17) is 9.47 Å². The number of nitrogens with zero attached hydrogens (tertiary/aromatic N) is 2. The van der Waals surface area contributed by atoms with Crippen molar-refractivity contribution < 1.29 is 9.47 Å². The molecular weight excluding hydrogens is 288 g/mol. The lowest BCUT2D eigenvalue weighted by atomic mass is 9.60. The largest absolute Gasteiger partial charge is 0.497 e. The fourth-order valence-corrected chi connectivity index (χ4v) is 4.13. The number of hydrogen-bond donors (Lipinski definition) is 0. The molecular formula is C19H30N2O2. The van der Waals surface area contributed by atoms with Crippen LogP contribution in [0, 0.1) is 5.41 Å². The molecule has 2 aliphatic rings. The van der Waals surface area contributed by atoms with Gasteiger partial charge in [-0.25, -0.2) is 0 Å². The molecule has 0 radical (unpaired) electrons. The Balaban J connectivity index is 1.57. The summed E-state index contributed by atoms with van der Waals surface area (Å²) in [5, 5.41) is 0. The number of methoxy groups -OCH3 is 2. The number of hydrogen-bond acceptors (Lipinski definition) is 4. The summed E-state index contributed by atoms with van der Waals surface area (Å²) in [5.74, 6) is 1.77. The minimum Gasteiger partial charge on any atom is -0.497 e. The molecule has 1 saturated heterocycles. The third-order valence-corrected chi connectivity index (χ3v) is 5.92. The van der Waals surface area contributed by atoms with Crippen LogP contribution in [0.1, 0.15) is 31.2 Å². The van der Waals surface area contributed by atoms with Crippen LogP contribution >= 0.6 is 0 Å². The fraction of sp³-hybridized carbons (Fsp3) is 0.684. The van der Waals surface area contributed by atoms with Crippen LogP contribution in [0.25, 0.3) is 0 Å². The molecule has 23 heavy (non-hydrogen) atoms. The van der Waals surface area contributed by atoms with Crippen molar-refractivity contribution in [3.63, 3.8) is 0 Å². The van der Waals surface area contributed by atoms with E-state index in [-0.39, 0.29) is 0 Å². The summed E-state index contributed by atoms with van der Waals surface area (Å²) in [4.78, 5) is 4.96. The van der Waals surface area contributed by atoms with Crippen molar-refractivity contribution in [2.45, 2.75) is 38.3 Å². The Morgan fingerprint density at radius 2 is 1.87 bits per heavy atom. The van der Waals surface area contributed by atoms with E-state index in [1.54, 1.807) is 14.2 Å². The second kappa shape index (κ2) is 6.70. The normalized spacial score (nSPS) is 21.4. The molecule has 3 rings (SSSR count). The van der Waals surface area contributed by atoms with Gasteiger partial charge in [-0.15, -0.1) is 0 Å². The highest BCUT2D eigenvalue weighted by molar-refractivity contribution is 5.40. The van der Waals surface area contributed by atoms with Crippen molar-refractivity contribution in [2.75, 3.05) is 41.4 Å². The first-order valence-corrected chi connectivity index (χ1v) is 8.65. The molecule has 1 aliphatic heterocycles. The van der Waals surface area contributed by atoms with Crippen molar-refractivity contribution in [3.05, 3.63) is 23.8 Å². The van der Waals surface area contributed by atoms with Crippen LogP contribution in [-0.4, -0.2) is 57.2 Å². The van der Waals surface area contributed by atoms with Gasteiger partial charge in [0.1, 0.15) is 11.5 Å². The topological polar surface area (TPSA) is 24.9 Å². The minimum absolute atomic E-state index is 0.634. The maximum absolute atomic E-state index is 5.53. The summed E-state index contributed by atoms with van der Waals surface area (Å²) in [6.45, 7) is 3.47. The summed E-state index contributed by atoms with van der Waals surface area (Å²) < 4.78 is 10.8. The summed E-state index contributed by atoms with van der Waals surface area (Å²) in [6, 6.07) is 6.83. The molecule has 1 heterocycles. The Morgan fingerprint density at radius 1 is 1.17 bits per heavy atom. The highest BCUT2D eigenvalue weighted by atomic mass is 16.5. The van der Waals surface area contributed by atoms with Gasteiger partial charge in [-0.05, 0) is 64.3 Å². The fourth-order valence-electron chi connectivity index (χ4n) is 4.13. The average Bonchev–Trinajstić information content (AvgIpc) is 2.54. The van der Waals surface area contributed by atoms with E-state index >= 15 is 0 Å². The molecule has 1 saturated carbocycles. The standard InChI is InChI=1S/C19H30N2O2/c1-20-9-7-19(8-10-20)12-16(13-19)21(2)14-15-5-6-17(22-3)11-18(15)23-4/h5-6,11,16H,7-10,12-14H2,1-4H3. The van der Waals surface area contributed by atoms with Crippen LogP contribution in [0.3, 0.4) is 0 Å². The van der Waals surface area contributed by atoms with E-state index in [0.717, 1.165) is 18.0 Å². The van der Waals surface area contributed by atoms with Crippen molar-refractivity contribution >= 4 is 0 Å². The van der Waals surface area contributed by atoms with Crippen LogP contribution in [0.5, 0.6) is 11.5 Å². The van der Waals surface area contributed by atoms with E-state index in [0.29, 0.717) is 11.5 Å². The van der Waals surface area contributed by atoms with E-state index < -0.39 is 0 Å². The van der Waals surface area contributed by atoms with Crippen LogP contribution in [0.15, 0.2) is 18.2 Å². The van der Waals surface area contributed by atoms with E-state index in [1.165, 1.54) is 44.3 Å². The lowest BCUT2D eigenvalue weighted by Gasteiger charge is -2.54. The van der Waals surface area contributed by atoms with Crippen molar-refractivity contribution in [3.8, 4) is 11.5 Å². The van der Waals surface area contributed by atoms with Crippen molar-refractivity contribution in [1.82, 2.24) is 9.80 Å².